The summed E-state index contributed by atoms with van der Waals surface area (Å²) >= 11 is 0. The largest absolute Gasteiger partial charge is 0.379 e. The maximum atomic E-state index is 5.74. The van der Waals surface area contributed by atoms with Gasteiger partial charge in [0.05, 0.1) is 19.8 Å². The van der Waals surface area contributed by atoms with Crippen molar-refractivity contribution in [3.8, 4) is 0 Å². The Bertz CT molecular complexity index is 551. The van der Waals surface area contributed by atoms with Gasteiger partial charge < -0.3 is 20.1 Å². The standard InChI is InChI=1S/C22H38N4O2.HI/c1-19(2)21(26-12-15-27-16-13-26)17-25-22(23-3)24-11-7-8-14-28-18-20-9-5-4-6-10-20;/h4-6,9-10,19,21H,7-8,11-18H2,1-3H3,(H2,23,24,25);1H. The molecule has 166 valence electrons. The first-order valence-electron chi connectivity index (χ1n) is 10.6. The number of benzene rings is 1. The van der Waals surface area contributed by atoms with Gasteiger partial charge in [-0.25, -0.2) is 0 Å². The van der Waals surface area contributed by atoms with Crippen LogP contribution in [0.4, 0.5) is 0 Å². The molecule has 1 aromatic carbocycles. The summed E-state index contributed by atoms with van der Waals surface area (Å²) in [6.45, 7) is 11.5. The third kappa shape index (κ3) is 10.6. The van der Waals surface area contributed by atoms with Crippen LogP contribution in [-0.2, 0) is 16.1 Å². The average Bonchev–Trinajstić information content (AvgIpc) is 2.73. The van der Waals surface area contributed by atoms with E-state index in [1.54, 1.807) is 0 Å². The molecule has 6 nitrogen and oxygen atoms in total. The molecule has 29 heavy (non-hydrogen) atoms. The fraction of sp³-hybridized carbons (Fsp3) is 0.682. The summed E-state index contributed by atoms with van der Waals surface area (Å²) in [4.78, 5) is 6.88. The van der Waals surface area contributed by atoms with Gasteiger partial charge in [-0.05, 0) is 24.3 Å². The van der Waals surface area contributed by atoms with Gasteiger partial charge in [0.25, 0.3) is 0 Å². The highest BCUT2D eigenvalue weighted by molar-refractivity contribution is 14.0. The summed E-state index contributed by atoms with van der Waals surface area (Å²) in [6.07, 6.45) is 2.10. The van der Waals surface area contributed by atoms with Crippen molar-refractivity contribution >= 4 is 29.9 Å². The monoisotopic (exact) mass is 518 g/mol. The Kier molecular flexibility index (Phi) is 14.3. The highest BCUT2D eigenvalue weighted by Crippen LogP contribution is 2.12. The second kappa shape index (κ2) is 15.9. The SMILES string of the molecule is CN=C(NCCCCOCc1ccccc1)NCC(C(C)C)N1CCOCC1.I. The number of nitrogens with zero attached hydrogens (tertiary/aromatic N) is 2. The predicted octanol–water partition coefficient (Wildman–Crippen LogP) is 3.12. The maximum absolute atomic E-state index is 5.74. The van der Waals surface area contributed by atoms with Crippen LogP contribution in [0.15, 0.2) is 35.3 Å². The minimum absolute atomic E-state index is 0. The molecule has 1 heterocycles. The van der Waals surface area contributed by atoms with Crippen molar-refractivity contribution in [1.29, 1.82) is 0 Å². The number of morpholine rings is 1. The summed E-state index contributed by atoms with van der Waals surface area (Å²) in [5, 5.41) is 6.91. The molecule has 1 unspecified atom stereocenters. The van der Waals surface area contributed by atoms with E-state index < -0.39 is 0 Å². The molecule has 0 aliphatic carbocycles. The molecule has 0 saturated carbocycles. The quantitative estimate of drug-likeness (QED) is 0.204. The van der Waals surface area contributed by atoms with E-state index in [0.717, 1.165) is 64.8 Å². The van der Waals surface area contributed by atoms with E-state index in [1.165, 1.54) is 5.56 Å². The van der Waals surface area contributed by atoms with Crippen molar-refractivity contribution in [3.63, 3.8) is 0 Å². The summed E-state index contributed by atoms with van der Waals surface area (Å²) in [5.74, 6) is 1.47. The average molecular weight is 518 g/mol. The molecule has 0 spiro atoms. The van der Waals surface area contributed by atoms with Gasteiger partial charge in [-0.3, -0.25) is 9.89 Å². The molecule has 2 rings (SSSR count). The second-order valence-corrected chi connectivity index (χ2v) is 7.58. The zero-order valence-electron chi connectivity index (χ0n) is 18.2. The van der Waals surface area contributed by atoms with Gasteiger partial charge in [0.15, 0.2) is 5.96 Å². The molecule has 0 aromatic heterocycles. The fourth-order valence-corrected chi connectivity index (χ4v) is 3.42. The number of ether oxygens (including phenoxy) is 2. The Hall–Kier alpha value is -0.900. The Morgan fingerprint density at radius 3 is 2.52 bits per heavy atom. The van der Waals surface area contributed by atoms with Crippen molar-refractivity contribution in [2.45, 2.75) is 39.3 Å². The lowest BCUT2D eigenvalue weighted by Gasteiger charge is -2.37. The Morgan fingerprint density at radius 2 is 1.86 bits per heavy atom. The van der Waals surface area contributed by atoms with Crippen molar-refractivity contribution in [3.05, 3.63) is 35.9 Å². The van der Waals surface area contributed by atoms with Gasteiger partial charge in [0.2, 0.25) is 0 Å². The maximum Gasteiger partial charge on any atom is 0.191 e. The van der Waals surface area contributed by atoms with Crippen molar-refractivity contribution in [2.24, 2.45) is 10.9 Å². The molecule has 7 heteroatoms. The molecule has 1 saturated heterocycles. The minimum Gasteiger partial charge on any atom is -0.379 e. The first-order chi connectivity index (χ1) is 13.7. The molecule has 0 radical (unpaired) electrons. The van der Waals surface area contributed by atoms with Crippen LogP contribution in [0.5, 0.6) is 0 Å². The lowest BCUT2D eigenvalue weighted by Crippen LogP contribution is -2.52. The van der Waals surface area contributed by atoms with Crippen LogP contribution < -0.4 is 10.6 Å². The third-order valence-corrected chi connectivity index (χ3v) is 5.11. The third-order valence-electron chi connectivity index (χ3n) is 5.11. The van der Waals surface area contributed by atoms with Gasteiger partial charge in [0.1, 0.15) is 0 Å². The van der Waals surface area contributed by atoms with E-state index in [1.807, 2.05) is 25.2 Å². The number of halogens is 1. The number of hydrogen-bond donors (Lipinski definition) is 2. The molecular weight excluding hydrogens is 479 g/mol. The minimum atomic E-state index is 0. The first-order valence-corrected chi connectivity index (χ1v) is 10.6. The van der Waals surface area contributed by atoms with E-state index in [9.17, 15) is 0 Å². The van der Waals surface area contributed by atoms with Crippen molar-refractivity contribution in [2.75, 3.05) is 53.0 Å². The van der Waals surface area contributed by atoms with Gasteiger partial charge in [-0.2, -0.15) is 0 Å². The number of guanidine groups is 1. The van der Waals surface area contributed by atoms with Crippen LogP contribution in [0.1, 0.15) is 32.3 Å². The Morgan fingerprint density at radius 1 is 1.14 bits per heavy atom. The highest BCUT2D eigenvalue weighted by atomic mass is 127. The fourth-order valence-electron chi connectivity index (χ4n) is 3.42. The number of nitrogens with one attached hydrogen (secondary N) is 2. The zero-order valence-corrected chi connectivity index (χ0v) is 20.6. The number of hydrogen-bond acceptors (Lipinski definition) is 4. The molecule has 2 N–H and O–H groups in total. The van der Waals surface area contributed by atoms with Crippen LogP contribution in [0.25, 0.3) is 0 Å². The zero-order chi connectivity index (χ0) is 20.0. The van der Waals surface area contributed by atoms with Crippen molar-refractivity contribution < 1.29 is 9.47 Å². The van der Waals surface area contributed by atoms with Gasteiger partial charge in [-0.15, -0.1) is 24.0 Å². The molecule has 0 bridgehead atoms. The lowest BCUT2D eigenvalue weighted by molar-refractivity contribution is 0.00752. The highest BCUT2D eigenvalue weighted by Gasteiger charge is 2.23. The second-order valence-electron chi connectivity index (χ2n) is 7.58. The molecular formula is C22H39IN4O2. The van der Waals surface area contributed by atoms with Crippen LogP contribution >= 0.6 is 24.0 Å². The van der Waals surface area contributed by atoms with Crippen LogP contribution in [0, 0.1) is 5.92 Å². The van der Waals surface area contributed by atoms with E-state index >= 15 is 0 Å². The van der Waals surface area contributed by atoms with Crippen LogP contribution in [0.3, 0.4) is 0 Å². The molecule has 0 amide bonds. The van der Waals surface area contributed by atoms with Gasteiger partial charge >= 0.3 is 0 Å². The van der Waals surface area contributed by atoms with Gasteiger partial charge in [0, 0.05) is 45.9 Å². The topological polar surface area (TPSA) is 58.1 Å². The molecule has 1 fully saturated rings. The van der Waals surface area contributed by atoms with Crippen molar-refractivity contribution in [1.82, 2.24) is 15.5 Å². The van der Waals surface area contributed by atoms with E-state index in [0.29, 0.717) is 18.6 Å². The van der Waals surface area contributed by atoms with Gasteiger partial charge in [-0.1, -0.05) is 44.2 Å². The summed E-state index contributed by atoms with van der Waals surface area (Å²) in [6, 6.07) is 10.8. The molecule has 1 aliphatic heterocycles. The smallest absolute Gasteiger partial charge is 0.191 e. The van der Waals surface area contributed by atoms with E-state index in [4.69, 9.17) is 9.47 Å². The Labute approximate surface area is 193 Å². The summed E-state index contributed by atoms with van der Waals surface area (Å²) < 4.78 is 11.2. The Balaban J connectivity index is 0.00000420. The summed E-state index contributed by atoms with van der Waals surface area (Å²) in [5.41, 5.74) is 1.23. The summed E-state index contributed by atoms with van der Waals surface area (Å²) in [7, 11) is 1.83. The molecule has 1 aliphatic rings. The normalized spacial score (nSPS) is 16.3. The number of rotatable bonds is 11. The van der Waals surface area contributed by atoms with Crippen LogP contribution in [-0.4, -0.2) is 69.9 Å². The van der Waals surface area contributed by atoms with E-state index in [-0.39, 0.29) is 24.0 Å². The molecule has 1 atom stereocenters. The number of aliphatic imine (C=N–C) groups is 1. The first kappa shape index (κ1) is 26.1. The lowest BCUT2D eigenvalue weighted by atomic mass is 10.0. The molecule has 1 aromatic rings. The van der Waals surface area contributed by atoms with E-state index in [2.05, 4.69) is 46.5 Å². The van der Waals surface area contributed by atoms with Crippen LogP contribution in [0.2, 0.25) is 0 Å². The predicted molar refractivity (Wildman–Crippen MR) is 131 cm³/mol. The number of unbranched alkanes of at least 4 members (excludes halogenated alkanes) is 1.